The maximum absolute atomic E-state index is 10.5. The summed E-state index contributed by atoms with van der Waals surface area (Å²) < 4.78 is 0. The van der Waals surface area contributed by atoms with E-state index in [4.69, 9.17) is 0 Å². The predicted octanol–water partition coefficient (Wildman–Crippen LogP) is 3.95. The second kappa shape index (κ2) is 5.90. The van der Waals surface area contributed by atoms with Gasteiger partial charge in [-0.05, 0) is 43.0 Å². The normalized spacial score (nSPS) is 13.6. The predicted molar refractivity (Wildman–Crippen MR) is 80.4 cm³/mol. The molecule has 0 fully saturated rings. The molecule has 2 aromatic rings. The van der Waals surface area contributed by atoms with Crippen molar-refractivity contribution >= 4 is 0 Å². The van der Waals surface area contributed by atoms with Crippen molar-refractivity contribution < 1.29 is 5.11 Å². The van der Waals surface area contributed by atoms with Crippen molar-refractivity contribution in [2.24, 2.45) is 0 Å². The Kier molecular flexibility index (Phi) is 4.22. The first-order valence-corrected chi connectivity index (χ1v) is 6.75. The summed E-state index contributed by atoms with van der Waals surface area (Å²) in [5.74, 6) is -0.544. The van der Waals surface area contributed by atoms with Gasteiger partial charge in [-0.15, -0.1) is 0 Å². The lowest BCUT2D eigenvalue weighted by Gasteiger charge is -2.21. The molecule has 2 aromatic carbocycles. The molecule has 1 N–H and O–H groups in total. The highest BCUT2D eigenvalue weighted by Gasteiger charge is 2.25. The molecule has 0 aromatic heterocycles. The molecule has 2 atom stereocenters. The minimum atomic E-state index is -0.804. The van der Waals surface area contributed by atoms with Crippen molar-refractivity contribution in [2.75, 3.05) is 0 Å². The van der Waals surface area contributed by atoms with E-state index >= 15 is 0 Å². The molecule has 2 heteroatoms. The molecular weight excluding hydrogens is 246 g/mol. The zero-order valence-electron chi connectivity index (χ0n) is 12.1. The van der Waals surface area contributed by atoms with Gasteiger partial charge in [0.2, 0.25) is 0 Å². The van der Waals surface area contributed by atoms with Gasteiger partial charge in [0, 0.05) is 0 Å². The fourth-order valence-electron chi connectivity index (χ4n) is 2.82. The molecule has 0 bridgehead atoms. The van der Waals surface area contributed by atoms with Gasteiger partial charge < -0.3 is 5.11 Å². The van der Waals surface area contributed by atoms with E-state index in [1.165, 1.54) is 5.56 Å². The number of hydrogen-bond acceptors (Lipinski definition) is 2. The summed E-state index contributed by atoms with van der Waals surface area (Å²) in [5.41, 5.74) is 5.01. The van der Waals surface area contributed by atoms with Gasteiger partial charge in [0.15, 0.2) is 0 Å². The average molecular weight is 265 g/mol. The molecule has 2 nitrogen and oxygen atoms in total. The molecule has 0 saturated heterocycles. The zero-order valence-corrected chi connectivity index (χ0v) is 12.1. The van der Waals surface area contributed by atoms with Crippen LogP contribution in [-0.2, 0) is 0 Å². The van der Waals surface area contributed by atoms with Crippen molar-refractivity contribution in [3.8, 4) is 6.07 Å². The first-order chi connectivity index (χ1) is 9.54. The minimum absolute atomic E-state index is 0.544. The van der Waals surface area contributed by atoms with Crippen LogP contribution in [-0.4, -0.2) is 5.11 Å². The lowest BCUT2D eigenvalue weighted by Crippen LogP contribution is -2.12. The number of nitrogens with zero attached hydrogens (tertiary/aromatic N) is 1. The monoisotopic (exact) mass is 265 g/mol. The molecular formula is C18H19NO. The zero-order chi connectivity index (χ0) is 14.7. The van der Waals surface area contributed by atoms with Gasteiger partial charge in [0.25, 0.3) is 0 Å². The van der Waals surface area contributed by atoms with Gasteiger partial charge in [-0.3, -0.25) is 0 Å². The highest BCUT2D eigenvalue weighted by molar-refractivity contribution is 5.44. The second-order valence-corrected chi connectivity index (χ2v) is 5.27. The van der Waals surface area contributed by atoms with E-state index in [-0.39, 0.29) is 0 Å². The summed E-state index contributed by atoms with van der Waals surface area (Å²) in [4.78, 5) is 0. The Morgan fingerprint density at radius 2 is 1.55 bits per heavy atom. The Labute approximate surface area is 120 Å². The molecule has 0 heterocycles. The molecule has 0 aliphatic rings. The summed E-state index contributed by atoms with van der Waals surface area (Å²) in [6.07, 6.45) is -0.804. The van der Waals surface area contributed by atoms with Crippen molar-refractivity contribution in [1.82, 2.24) is 0 Å². The van der Waals surface area contributed by atoms with Crippen LogP contribution in [0.4, 0.5) is 0 Å². The number of benzene rings is 2. The van der Waals surface area contributed by atoms with E-state index in [2.05, 4.69) is 18.2 Å². The summed E-state index contributed by atoms with van der Waals surface area (Å²) in [6.45, 7) is 6.04. The SMILES string of the molecule is Cc1cc(C)c([C@H](C#N)[C@@H](O)c2ccccc2)c(C)c1. The van der Waals surface area contributed by atoms with E-state index in [0.29, 0.717) is 0 Å². The van der Waals surface area contributed by atoms with E-state index < -0.39 is 12.0 Å². The third-order valence-electron chi connectivity index (χ3n) is 3.64. The van der Waals surface area contributed by atoms with Gasteiger partial charge in [-0.2, -0.15) is 5.26 Å². The Bertz CT molecular complexity index is 617. The Balaban J connectivity index is 2.47. The summed E-state index contributed by atoms with van der Waals surface area (Å²) in [6, 6.07) is 15.8. The Hall–Kier alpha value is -2.11. The molecule has 0 saturated carbocycles. The van der Waals surface area contributed by atoms with Crippen molar-refractivity contribution in [1.29, 1.82) is 5.26 Å². The number of aliphatic hydroxyl groups excluding tert-OH is 1. The Morgan fingerprint density at radius 1 is 1.00 bits per heavy atom. The lowest BCUT2D eigenvalue weighted by atomic mass is 9.84. The Morgan fingerprint density at radius 3 is 2.05 bits per heavy atom. The third kappa shape index (κ3) is 2.74. The highest BCUT2D eigenvalue weighted by atomic mass is 16.3. The molecule has 102 valence electrons. The van der Waals surface area contributed by atoms with Gasteiger partial charge in [0.05, 0.1) is 12.2 Å². The number of aliphatic hydroxyl groups is 1. The topological polar surface area (TPSA) is 44.0 Å². The van der Waals surface area contributed by atoms with Crippen LogP contribution < -0.4 is 0 Å². The second-order valence-electron chi connectivity index (χ2n) is 5.27. The molecule has 0 unspecified atom stereocenters. The lowest BCUT2D eigenvalue weighted by molar-refractivity contribution is 0.163. The van der Waals surface area contributed by atoms with Crippen LogP contribution in [0, 0.1) is 32.1 Å². The van der Waals surface area contributed by atoms with Crippen LogP contribution in [0.15, 0.2) is 42.5 Å². The third-order valence-corrected chi connectivity index (χ3v) is 3.64. The van der Waals surface area contributed by atoms with Crippen LogP contribution >= 0.6 is 0 Å². The van der Waals surface area contributed by atoms with E-state index in [1.54, 1.807) is 0 Å². The fourth-order valence-corrected chi connectivity index (χ4v) is 2.82. The average Bonchev–Trinajstić information content (AvgIpc) is 2.43. The first kappa shape index (κ1) is 14.3. The molecule has 0 amide bonds. The quantitative estimate of drug-likeness (QED) is 0.913. The van der Waals surface area contributed by atoms with E-state index in [9.17, 15) is 10.4 Å². The molecule has 0 aliphatic carbocycles. The van der Waals surface area contributed by atoms with E-state index in [0.717, 1.165) is 22.3 Å². The fraction of sp³-hybridized carbons (Fsp3) is 0.278. The molecule has 20 heavy (non-hydrogen) atoms. The molecule has 0 spiro atoms. The molecule has 2 rings (SSSR count). The number of nitriles is 1. The van der Waals surface area contributed by atoms with Crippen LogP contribution in [0.25, 0.3) is 0 Å². The van der Waals surface area contributed by atoms with Crippen molar-refractivity contribution in [3.05, 3.63) is 70.3 Å². The minimum Gasteiger partial charge on any atom is -0.387 e. The van der Waals surface area contributed by atoms with Gasteiger partial charge in [-0.25, -0.2) is 0 Å². The van der Waals surface area contributed by atoms with Crippen LogP contribution in [0.2, 0.25) is 0 Å². The number of hydrogen-bond donors (Lipinski definition) is 1. The van der Waals surface area contributed by atoms with Crippen LogP contribution in [0.5, 0.6) is 0 Å². The van der Waals surface area contributed by atoms with Crippen molar-refractivity contribution in [2.45, 2.75) is 32.8 Å². The van der Waals surface area contributed by atoms with Gasteiger partial charge in [-0.1, -0.05) is 48.0 Å². The smallest absolute Gasteiger partial charge is 0.102 e. The largest absolute Gasteiger partial charge is 0.387 e. The molecule has 0 radical (unpaired) electrons. The summed E-state index contributed by atoms with van der Waals surface area (Å²) in [5, 5.41) is 20.0. The summed E-state index contributed by atoms with van der Waals surface area (Å²) >= 11 is 0. The molecule has 0 aliphatic heterocycles. The van der Waals surface area contributed by atoms with Gasteiger partial charge in [0.1, 0.15) is 5.92 Å². The number of aryl methyl sites for hydroxylation is 3. The maximum atomic E-state index is 10.5. The maximum Gasteiger partial charge on any atom is 0.102 e. The van der Waals surface area contributed by atoms with E-state index in [1.807, 2.05) is 51.1 Å². The number of rotatable bonds is 3. The van der Waals surface area contributed by atoms with Crippen molar-refractivity contribution in [3.63, 3.8) is 0 Å². The summed E-state index contributed by atoms with van der Waals surface area (Å²) in [7, 11) is 0. The van der Waals surface area contributed by atoms with Gasteiger partial charge >= 0.3 is 0 Å². The van der Waals surface area contributed by atoms with Crippen LogP contribution in [0.3, 0.4) is 0 Å². The first-order valence-electron chi connectivity index (χ1n) is 6.75. The van der Waals surface area contributed by atoms with Crippen LogP contribution in [0.1, 0.15) is 39.8 Å². The highest BCUT2D eigenvalue weighted by Crippen LogP contribution is 2.34. The standard InChI is InChI=1S/C18H19NO/c1-12-9-13(2)17(14(3)10-12)16(11-19)18(20)15-7-5-4-6-8-15/h4-10,16,18,20H,1-3H3/t16-,18-/m0/s1.